The fourth-order valence-corrected chi connectivity index (χ4v) is 3.96. The number of anilines is 2. The minimum absolute atomic E-state index is 0.196. The summed E-state index contributed by atoms with van der Waals surface area (Å²) >= 11 is 0. The molecule has 3 aromatic carbocycles. The summed E-state index contributed by atoms with van der Waals surface area (Å²) in [6.45, 7) is 6.17. The SMILES string of the molecule is Cc1ccc(S(=O)(=O)Nc2ccc(NC(=O)/C=C/c3ccc(C(C)C)cc3)cc2)cc1. The Morgan fingerprint density at radius 3 is 2.00 bits per heavy atom. The quantitative estimate of drug-likeness (QED) is 0.477. The van der Waals surface area contributed by atoms with Crippen LogP contribution >= 0.6 is 0 Å². The Kier molecular flexibility index (Phi) is 6.92. The van der Waals surface area contributed by atoms with Crippen molar-refractivity contribution in [2.75, 3.05) is 10.0 Å². The highest BCUT2D eigenvalue weighted by molar-refractivity contribution is 7.92. The van der Waals surface area contributed by atoms with Gasteiger partial charge in [-0.25, -0.2) is 8.42 Å². The number of carbonyl (C=O) groups excluding carboxylic acids is 1. The molecule has 1 amide bonds. The number of nitrogens with one attached hydrogen (secondary N) is 2. The van der Waals surface area contributed by atoms with Crippen LogP contribution in [0.25, 0.3) is 6.08 Å². The molecule has 0 aliphatic carbocycles. The van der Waals surface area contributed by atoms with Crippen LogP contribution in [-0.2, 0) is 14.8 Å². The fourth-order valence-electron chi connectivity index (χ4n) is 2.90. The van der Waals surface area contributed by atoms with E-state index in [1.165, 1.54) is 11.6 Å². The zero-order chi connectivity index (χ0) is 22.4. The van der Waals surface area contributed by atoms with E-state index in [-0.39, 0.29) is 10.8 Å². The van der Waals surface area contributed by atoms with E-state index in [9.17, 15) is 13.2 Å². The second kappa shape index (κ2) is 9.62. The minimum Gasteiger partial charge on any atom is -0.323 e. The van der Waals surface area contributed by atoms with Crippen LogP contribution in [0.1, 0.15) is 36.5 Å². The van der Waals surface area contributed by atoms with Crippen LogP contribution in [0.2, 0.25) is 0 Å². The number of benzene rings is 3. The number of amides is 1. The Hall–Kier alpha value is -3.38. The topological polar surface area (TPSA) is 75.3 Å². The molecule has 0 atom stereocenters. The number of hydrogen-bond acceptors (Lipinski definition) is 3. The van der Waals surface area contributed by atoms with Gasteiger partial charge in [-0.2, -0.15) is 0 Å². The maximum atomic E-state index is 12.5. The van der Waals surface area contributed by atoms with E-state index in [0.29, 0.717) is 17.3 Å². The first-order chi connectivity index (χ1) is 14.7. The molecule has 6 heteroatoms. The third kappa shape index (κ3) is 6.30. The summed E-state index contributed by atoms with van der Waals surface area (Å²) in [7, 11) is -3.66. The largest absolute Gasteiger partial charge is 0.323 e. The number of carbonyl (C=O) groups is 1. The Morgan fingerprint density at radius 2 is 1.42 bits per heavy atom. The number of aryl methyl sites for hydroxylation is 1. The van der Waals surface area contributed by atoms with Crippen LogP contribution in [0.4, 0.5) is 11.4 Å². The van der Waals surface area contributed by atoms with E-state index >= 15 is 0 Å². The van der Waals surface area contributed by atoms with Crippen LogP contribution in [0, 0.1) is 6.92 Å². The van der Waals surface area contributed by atoms with Gasteiger partial charge in [0.05, 0.1) is 4.90 Å². The average molecular weight is 435 g/mol. The van der Waals surface area contributed by atoms with Gasteiger partial charge in [-0.1, -0.05) is 55.8 Å². The molecule has 3 rings (SSSR count). The van der Waals surface area contributed by atoms with Crippen LogP contribution in [0.5, 0.6) is 0 Å². The van der Waals surface area contributed by atoms with Crippen molar-refractivity contribution >= 4 is 33.4 Å². The zero-order valence-electron chi connectivity index (χ0n) is 17.8. The molecule has 5 nitrogen and oxygen atoms in total. The van der Waals surface area contributed by atoms with Crippen molar-refractivity contribution in [3.8, 4) is 0 Å². The molecule has 0 radical (unpaired) electrons. The molecule has 0 unspecified atom stereocenters. The van der Waals surface area contributed by atoms with E-state index in [1.54, 1.807) is 54.6 Å². The average Bonchev–Trinajstić information content (AvgIpc) is 2.74. The molecule has 0 aliphatic rings. The molecule has 0 aliphatic heterocycles. The lowest BCUT2D eigenvalue weighted by Gasteiger charge is -2.09. The van der Waals surface area contributed by atoms with Crippen LogP contribution < -0.4 is 10.0 Å². The lowest BCUT2D eigenvalue weighted by Crippen LogP contribution is -2.13. The Morgan fingerprint density at radius 1 is 0.839 bits per heavy atom. The first kappa shape index (κ1) is 22.3. The monoisotopic (exact) mass is 434 g/mol. The third-order valence-corrected chi connectivity index (χ3v) is 6.16. The second-order valence-corrected chi connectivity index (χ2v) is 9.32. The molecule has 0 heterocycles. The number of sulfonamides is 1. The van der Waals surface area contributed by atoms with E-state index < -0.39 is 10.0 Å². The summed E-state index contributed by atoms with van der Waals surface area (Å²) in [6, 6.07) is 21.2. The molecular weight excluding hydrogens is 408 g/mol. The van der Waals surface area contributed by atoms with E-state index in [1.807, 2.05) is 19.1 Å². The van der Waals surface area contributed by atoms with Gasteiger partial charge in [0.1, 0.15) is 0 Å². The molecule has 160 valence electrons. The molecule has 0 saturated carbocycles. The molecule has 0 spiro atoms. The summed E-state index contributed by atoms with van der Waals surface area (Å²) in [5, 5.41) is 2.77. The first-order valence-corrected chi connectivity index (χ1v) is 11.5. The van der Waals surface area contributed by atoms with E-state index in [4.69, 9.17) is 0 Å². The van der Waals surface area contributed by atoms with Gasteiger partial charge in [0, 0.05) is 17.5 Å². The van der Waals surface area contributed by atoms with Crippen molar-refractivity contribution in [2.45, 2.75) is 31.6 Å². The van der Waals surface area contributed by atoms with Crippen molar-refractivity contribution < 1.29 is 13.2 Å². The lowest BCUT2D eigenvalue weighted by molar-refractivity contribution is -0.111. The van der Waals surface area contributed by atoms with Gasteiger partial charge in [0.25, 0.3) is 10.0 Å². The predicted octanol–water partition coefficient (Wildman–Crippen LogP) is 5.57. The summed E-state index contributed by atoms with van der Waals surface area (Å²) in [5.41, 5.74) is 4.17. The highest BCUT2D eigenvalue weighted by atomic mass is 32.2. The van der Waals surface area contributed by atoms with Crippen molar-refractivity contribution in [3.63, 3.8) is 0 Å². The van der Waals surface area contributed by atoms with Gasteiger partial charge in [0.2, 0.25) is 5.91 Å². The van der Waals surface area contributed by atoms with Crippen molar-refractivity contribution in [1.82, 2.24) is 0 Å². The fraction of sp³-hybridized carbons (Fsp3) is 0.160. The Balaban J connectivity index is 1.59. The molecule has 31 heavy (non-hydrogen) atoms. The predicted molar refractivity (Wildman–Crippen MR) is 127 cm³/mol. The van der Waals surface area contributed by atoms with Crippen LogP contribution in [0.15, 0.2) is 83.8 Å². The van der Waals surface area contributed by atoms with E-state index in [2.05, 4.69) is 36.0 Å². The first-order valence-electron chi connectivity index (χ1n) is 10.0. The van der Waals surface area contributed by atoms with Gasteiger partial charge in [-0.15, -0.1) is 0 Å². The van der Waals surface area contributed by atoms with E-state index in [0.717, 1.165) is 11.1 Å². The Bertz CT molecular complexity index is 1160. The highest BCUT2D eigenvalue weighted by Crippen LogP contribution is 2.19. The van der Waals surface area contributed by atoms with Gasteiger partial charge in [-0.3, -0.25) is 9.52 Å². The van der Waals surface area contributed by atoms with Gasteiger partial charge < -0.3 is 5.32 Å². The molecule has 0 aromatic heterocycles. The molecule has 0 fully saturated rings. The smallest absolute Gasteiger partial charge is 0.261 e. The van der Waals surface area contributed by atoms with Crippen LogP contribution in [0.3, 0.4) is 0 Å². The minimum atomic E-state index is -3.66. The van der Waals surface area contributed by atoms with Gasteiger partial charge >= 0.3 is 0 Å². The maximum Gasteiger partial charge on any atom is 0.261 e. The molecule has 3 aromatic rings. The molecule has 0 bridgehead atoms. The standard InChI is InChI=1S/C25H26N2O3S/c1-18(2)21-9-6-20(7-10-21)8-17-25(28)26-22-11-13-23(14-12-22)27-31(29,30)24-15-4-19(3)5-16-24/h4-18,27H,1-3H3,(H,26,28)/b17-8+. The molecule has 2 N–H and O–H groups in total. The summed E-state index contributed by atoms with van der Waals surface area (Å²) in [5.74, 6) is 0.201. The molecular formula is C25H26N2O3S. The maximum absolute atomic E-state index is 12.5. The van der Waals surface area contributed by atoms with Gasteiger partial charge in [-0.05, 0) is 66.4 Å². The van der Waals surface area contributed by atoms with Crippen molar-refractivity contribution in [1.29, 1.82) is 0 Å². The van der Waals surface area contributed by atoms with Crippen LogP contribution in [-0.4, -0.2) is 14.3 Å². The summed E-state index contributed by atoms with van der Waals surface area (Å²) in [6.07, 6.45) is 3.22. The second-order valence-electron chi connectivity index (χ2n) is 7.64. The summed E-state index contributed by atoms with van der Waals surface area (Å²) in [4.78, 5) is 12.4. The number of rotatable bonds is 7. The van der Waals surface area contributed by atoms with Crippen molar-refractivity contribution in [2.24, 2.45) is 0 Å². The molecule has 0 saturated heterocycles. The lowest BCUT2D eigenvalue weighted by atomic mass is 10.0. The summed E-state index contributed by atoms with van der Waals surface area (Å²) < 4.78 is 27.5. The number of hydrogen-bond donors (Lipinski definition) is 2. The Labute approximate surface area is 183 Å². The third-order valence-electron chi connectivity index (χ3n) is 4.77. The highest BCUT2D eigenvalue weighted by Gasteiger charge is 2.13. The van der Waals surface area contributed by atoms with Crippen molar-refractivity contribution in [3.05, 3.63) is 95.6 Å². The zero-order valence-corrected chi connectivity index (χ0v) is 18.6. The normalized spacial score (nSPS) is 11.6. The van der Waals surface area contributed by atoms with Gasteiger partial charge in [0.15, 0.2) is 0 Å².